The van der Waals surface area contributed by atoms with E-state index in [-0.39, 0.29) is 18.0 Å². The minimum Gasteiger partial charge on any atom is -0.468 e. The number of carbonyl (C=O) groups is 1. The summed E-state index contributed by atoms with van der Waals surface area (Å²) in [6, 6.07) is 17.4. The molecule has 0 fully saturated rings. The van der Waals surface area contributed by atoms with Crippen LogP contribution in [-0.4, -0.2) is 11.9 Å². The van der Waals surface area contributed by atoms with Gasteiger partial charge in [-0.15, -0.1) is 0 Å². The van der Waals surface area contributed by atoms with E-state index in [4.69, 9.17) is 4.42 Å². The molecular formula is C19H20N2O2. The predicted molar refractivity (Wildman–Crippen MR) is 92.3 cm³/mol. The van der Waals surface area contributed by atoms with Crippen LogP contribution in [0.25, 0.3) is 10.8 Å². The summed E-state index contributed by atoms with van der Waals surface area (Å²) in [5.74, 6) is 0.744. The number of carbonyl (C=O) groups excluding carboxylic acids is 1. The van der Waals surface area contributed by atoms with Crippen molar-refractivity contribution in [2.24, 2.45) is 0 Å². The SMILES string of the molecule is C[C@H](N[C@H](C)c1ccco1)C(=O)Nc1ccc2ccccc2c1. The van der Waals surface area contributed by atoms with Crippen molar-refractivity contribution in [1.82, 2.24) is 5.32 Å². The van der Waals surface area contributed by atoms with Crippen molar-refractivity contribution in [2.45, 2.75) is 25.9 Å². The van der Waals surface area contributed by atoms with Crippen LogP contribution in [0, 0.1) is 0 Å². The van der Waals surface area contributed by atoms with Gasteiger partial charge in [0.1, 0.15) is 5.76 Å². The lowest BCUT2D eigenvalue weighted by molar-refractivity contribution is -0.118. The Labute approximate surface area is 135 Å². The first-order valence-corrected chi connectivity index (χ1v) is 7.72. The molecule has 2 atom stereocenters. The predicted octanol–water partition coefficient (Wildman–Crippen LogP) is 4.11. The van der Waals surface area contributed by atoms with Gasteiger partial charge in [-0.1, -0.05) is 30.3 Å². The summed E-state index contributed by atoms with van der Waals surface area (Å²) >= 11 is 0. The lowest BCUT2D eigenvalue weighted by Gasteiger charge is -2.18. The summed E-state index contributed by atoms with van der Waals surface area (Å²) in [6.07, 6.45) is 1.63. The standard InChI is InChI=1S/C19H20N2O2/c1-13(18-8-5-11-23-18)20-14(2)19(22)21-17-10-9-15-6-3-4-7-16(15)12-17/h3-14,20H,1-2H3,(H,21,22)/t13-,14+/m1/s1. The number of hydrogen-bond donors (Lipinski definition) is 2. The molecule has 1 aromatic heterocycles. The fourth-order valence-corrected chi connectivity index (χ4v) is 2.59. The Morgan fingerprint density at radius 1 is 1.00 bits per heavy atom. The molecule has 118 valence electrons. The highest BCUT2D eigenvalue weighted by atomic mass is 16.3. The van der Waals surface area contributed by atoms with E-state index in [0.717, 1.165) is 22.2 Å². The zero-order valence-electron chi connectivity index (χ0n) is 13.2. The van der Waals surface area contributed by atoms with Crippen molar-refractivity contribution >= 4 is 22.4 Å². The Bertz CT molecular complexity index is 796. The Morgan fingerprint density at radius 3 is 2.52 bits per heavy atom. The first-order valence-electron chi connectivity index (χ1n) is 7.72. The molecule has 4 nitrogen and oxygen atoms in total. The fraction of sp³-hybridized carbons (Fsp3) is 0.211. The number of hydrogen-bond acceptors (Lipinski definition) is 3. The molecule has 0 saturated carbocycles. The van der Waals surface area contributed by atoms with E-state index < -0.39 is 0 Å². The lowest BCUT2D eigenvalue weighted by atomic mass is 10.1. The molecule has 0 aliphatic rings. The molecule has 2 aromatic carbocycles. The first kappa shape index (κ1) is 15.3. The highest BCUT2D eigenvalue weighted by Crippen LogP contribution is 2.19. The van der Waals surface area contributed by atoms with Gasteiger partial charge in [-0.3, -0.25) is 10.1 Å². The van der Waals surface area contributed by atoms with E-state index in [1.165, 1.54) is 0 Å². The number of fused-ring (bicyclic) bond motifs is 1. The van der Waals surface area contributed by atoms with E-state index in [1.807, 2.05) is 62.4 Å². The molecule has 23 heavy (non-hydrogen) atoms. The molecule has 0 saturated heterocycles. The Hall–Kier alpha value is -2.59. The molecular weight excluding hydrogens is 288 g/mol. The van der Waals surface area contributed by atoms with Crippen molar-refractivity contribution in [1.29, 1.82) is 0 Å². The second kappa shape index (κ2) is 6.67. The van der Waals surface area contributed by atoms with Crippen LogP contribution in [0.5, 0.6) is 0 Å². The highest BCUT2D eigenvalue weighted by Gasteiger charge is 2.17. The molecule has 0 aliphatic heterocycles. The maximum absolute atomic E-state index is 12.3. The zero-order valence-corrected chi connectivity index (χ0v) is 13.2. The van der Waals surface area contributed by atoms with E-state index >= 15 is 0 Å². The van der Waals surface area contributed by atoms with Crippen molar-refractivity contribution in [3.8, 4) is 0 Å². The quantitative estimate of drug-likeness (QED) is 0.746. The van der Waals surface area contributed by atoms with Gasteiger partial charge in [-0.25, -0.2) is 0 Å². The summed E-state index contributed by atoms with van der Waals surface area (Å²) in [4.78, 5) is 12.3. The molecule has 0 bridgehead atoms. The second-order valence-electron chi connectivity index (χ2n) is 5.68. The Balaban J connectivity index is 1.65. The minimum absolute atomic E-state index is 0.0256. The summed E-state index contributed by atoms with van der Waals surface area (Å²) in [7, 11) is 0. The minimum atomic E-state index is -0.332. The largest absolute Gasteiger partial charge is 0.468 e. The van der Waals surface area contributed by atoms with Crippen molar-refractivity contribution in [2.75, 3.05) is 5.32 Å². The van der Waals surface area contributed by atoms with Crippen LogP contribution < -0.4 is 10.6 Å². The fourth-order valence-electron chi connectivity index (χ4n) is 2.59. The van der Waals surface area contributed by atoms with Crippen molar-refractivity contribution in [3.05, 3.63) is 66.6 Å². The average molecular weight is 308 g/mol. The van der Waals surface area contributed by atoms with E-state index in [0.29, 0.717) is 0 Å². The Kier molecular flexibility index (Phi) is 4.44. The van der Waals surface area contributed by atoms with Gasteiger partial charge in [0.2, 0.25) is 5.91 Å². The third kappa shape index (κ3) is 3.60. The molecule has 1 heterocycles. The van der Waals surface area contributed by atoms with Gasteiger partial charge in [-0.2, -0.15) is 0 Å². The van der Waals surface area contributed by atoms with Gasteiger partial charge < -0.3 is 9.73 Å². The maximum Gasteiger partial charge on any atom is 0.241 e. The van der Waals surface area contributed by atoms with Crippen LogP contribution in [0.4, 0.5) is 5.69 Å². The molecule has 1 amide bonds. The topological polar surface area (TPSA) is 54.3 Å². The van der Waals surface area contributed by atoms with Crippen LogP contribution in [-0.2, 0) is 4.79 Å². The molecule has 3 rings (SSSR count). The van der Waals surface area contributed by atoms with Gasteiger partial charge in [0.25, 0.3) is 0 Å². The normalized spacial score (nSPS) is 13.7. The van der Waals surface area contributed by atoms with Gasteiger partial charge >= 0.3 is 0 Å². The first-order chi connectivity index (χ1) is 11.1. The van der Waals surface area contributed by atoms with Crippen LogP contribution >= 0.6 is 0 Å². The third-order valence-electron chi connectivity index (χ3n) is 3.88. The van der Waals surface area contributed by atoms with Crippen molar-refractivity contribution < 1.29 is 9.21 Å². The van der Waals surface area contributed by atoms with Crippen LogP contribution in [0.3, 0.4) is 0 Å². The summed E-state index contributed by atoms with van der Waals surface area (Å²) < 4.78 is 5.35. The number of nitrogens with one attached hydrogen (secondary N) is 2. The van der Waals surface area contributed by atoms with Gasteiger partial charge in [0, 0.05) is 5.69 Å². The van der Waals surface area contributed by atoms with Crippen LogP contribution in [0.2, 0.25) is 0 Å². The Morgan fingerprint density at radius 2 is 1.78 bits per heavy atom. The molecule has 0 unspecified atom stereocenters. The van der Waals surface area contributed by atoms with E-state index in [9.17, 15) is 4.79 Å². The number of benzene rings is 2. The molecule has 0 spiro atoms. The molecule has 4 heteroatoms. The van der Waals surface area contributed by atoms with Gasteiger partial charge in [-0.05, 0) is 48.9 Å². The summed E-state index contributed by atoms with van der Waals surface area (Å²) in [5, 5.41) is 8.45. The van der Waals surface area contributed by atoms with E-state index in [2.05, 4.69) is 16.7 Å². The van der Waals surface area contributed by atoms with Gasteiger partial charge in [0.15, 0.2) is 0 Å². The number of anilines is 1. The number of furan rings is 1. The summed E-state index contributed by atoms with van der Waals surface area (Å²) in [6.45, 7) is 3.81. The monoisotopic (exact) mass is 308 g/mol. The third-order valence-corrected chi connectivity index (χ3v) is 3.88. The number of amides is 1. The number of rotatable bonds is 5. The lowest BCUT2D eigenvalue weighted by Crippen LogP contribution is -2.39. The van der Waals surface area contributed by atoms with Gasteiger partial charge in [0.05, 0.1) is 18.3 Å². The van der Waals surface area contributed by atoms with Crippen LogP contribution in [0.15, 0.2) is 65.3 Å². The average Bonchev–Trinajstić information content (AvgIpc) is 3.09. The molecule has 0 radical (unpaired) electrons. The van der Waals surface area contributed by atoms with E-state index in [1.54, 1.807) is 6.26 Å². The smallest absolute Gasteiger partial charge is 0.241 e. The zero-order chi connectivity index (χ0) is 16.2. The maximum atomic E-state index is 12.3. The highest BCUT2D eigenvalue weighted by molar-refractivity contribution is 5.97. The molecule has 2 N–H and O–H groups in total. The van der Waals surface area contributed by atoms with Crippen LogP contribution in [0.1, 0.15) is 25.6 Å². The summed E-state index contributed by atoms with van der Waals surface area (Å²) in [5.41, 5.74) is 0.799. The molecule has 3 aromatic rings. The van der Waals surface area contributed by atoms with Crippen molar-refractivity contribution in [3.63, 3.8) is 0 Å². The second-order valence-corrected chi connectivity index (χ2v) is 5.68. The molecule has 0 aliphatic carbocycles.